The van der Waals surface area contributed by atoms with Crippen molar-refractivity contribution in [3.8, 4) is 0 Å². The Kier molecular flexibility index (Phi) is 2.64. The molecule has 1 nitrogen and oxygen atoms in total. The first kappa shape index (κ1) is 9.51. The molecule has 2 fully saturated rings. The SMILES string of the molecule is CC(N)(CC1CCC1)C1CCCC1. The van der Waals surface area contributed by atoms with Crippen molar-refractivity contribution in [1.82, 2.24) is 0 Å². The summed E-state index contributed by atoms with van der Waals surface area (Å²) in [5, 5.41) is 0. The zero-order valence-corrected chi connectivity index (χ0v) is 8.89. The molecule has 1 heteroatoms. The third-order valence-corrected chi connectivity index (χ3v) is 4.24. The van der Waals surface area contributed by atoms with Crippen LogP contribution in [0.3, 0.4) is 0 Å². The normalized spacial score (nSPS) is 30.0. The van der Waals surface area contributed by atoms with Gasteiger partial charge in [0.15, 0.2) is 0 Å². The molecule has 2 saturated carbocycles. The predicted molar refractivity (Wildman–Crippen MR) is 56.5 cm³/mol. The lowest BCUT2D eigenvalue weighted by Gasteiger charge is -2.38. The largest absolute Gasteiger partial charge is 0.325 e. The van der Waals surface area contributed by atoms with Crippen LogP contribution >= 0.6 is 0 Å². The van der Waals surface area contributed by atoms with Gasteiger partial charge in [0.05, 0.1) is 0 Å². The summed E-state index contributed by atoms with van der Waals surface area (Å²) in [6, 6.07) is 0. The fraction of sp³-hybridized carbons (Fsp3) is 1.00. The first-order valence-electron chi connectivity index (χ1n) is 5.97. The summed E-state index contributed by atoms with van der Waals surface area (Å²) < 4.78 is 0. The first-order chi connectivity index (χ1) is 6.18. The van der Waals surface area contributed by atoms with Crippen LogP contribution in [0.15, 0.2) is 0 Å². The lowest BCUT2D eigenvalue weighted by molar-refractivity contribution is 0.184. The van der Waals surface area contributed by atoms with E-state index in [9.17, 15) is 0 Å². The van der Waals surface area contributed by atoms with E-state index in [0.717, 1.165) is 11.8 Å². The molecule has 76 valence electrons. The van der Waals surface area contributed by atoms with Gasteiger partial charge in [-0.3, -0.25) is 0 Å². The van der Waals surface area contributed by atoms with Gasteiger partial charge in [0.1, 0.15) is 0 Å². The Morgan fingerprint density at radius 1 is 1.08 bits per heavy atom. The molecule has 0 aromatic rings. The van der Waals surface area contributed by atoms with E-state index in [2.05, 4.69) is 6.92 Å². The van der Waals surface area contributed by atoms with Gasteiger partial charge in [-0.15, -0.1) is 0 Å². The molecule has 0 amide bonds. The Morgan fingerprint density at radius 2 is 1.69 bits per heavy atom. The van der Waals surface area contributed by atoms with Crippen LogP contribution in [0.25, 0.3) is 0 Å². The quantitative estimate of drug-likeness (QED) is 0.711. The van der Waals surface area contributed by atoms with Crippen LogP contribution in [0, 0.1) is 11.8 Å². The molecule has 2 aliphatic carbocycles. The molecule has 2 rings (SSSR count). The molecule has 1 unspecified atom stereocenters. The van der Waals surface area contributed by atoms with Gasteiger partial charge in [-0.25, -0.2) is 0 Å². The molecule has 2 aliphatic rings. The molecular weight excluding hydrogens is 158 g/mol. The second-order valence-corrected chi connectivity index (χ2v) is 5.49. The molecule has 0 radical (unpaired) electrons. The number of hydrogen-bond donors (Lipinski definition) is 1. The maximum atomic E-state index is 6.43. The zero-order valence-electron chi connectivity index (χ0n) is 8.89. The van der Waals surface area contributed by atoms with E-state index in [1.54, 1.807) is 0 Å². The van der Waals surface area contributed by atoms with Gasteiger partial charge in [0.25, 0.3) is 0 Å². The molecule has 2 N–H and O–H groups in total. The summed E-state index contributed by atoms with van der Waals surface area (Å²) in [6.45, 7) is 2.29. The molecule has 0 bridgehead atoms. The fourth-order valence-electron chi connectivity index (χ4n) is 3.07. The Bertz CT molecular complexity index is 164. The van der Waals surface area contributed by atoms with E-state index in [1.807, 2.05) is 0 Å². The standard InChI is InChI=1S/C12H23N/c1-12(13,9-10-5-4-6-10)11-7-2-3-8-11/h10-11H,2-9,13H2,1H3. The first-order valence-corrected chi connectivity index (χ1v) is 5.97. The van der Waals surface area contributed by atoms with Gasteiger partial charge in [0, 0.05) is 5.54 Å². The average molecular weight is 181 g/mol. The molecule has 0 aliphatic heterocycles. The fourth-order valence-corrected chi connectivity index (χ4v) is 3.07. The van der Waals surface area contributed by atoms with Gasteiger partial charge in [-0.2, -0.15) is 0 Å². The van der Waals surface area contributed by atoms with E-state index in [4.69, 9.17) is 5.73 Å². The van der Waals surface area contributed by atoms with Gasteiger partial charge in [-0.1, -0.05) is 32.1 Å². The van der Waals surface area contributed by atoms with E-state index in [-0.39, 0.29) is 5.54 Å². The lowest BCUT2D eigenvalue weighted by Crippen LogP contribution is -2.45. The lowest BCUT2D eigenvalue weighted by atomic mass is 9.72. The smallest absolute Gasteiger partial charge is 0.0156 e. The summed E-state index contributed by atoms with van der Waals surface area (Å²) in [5.74, 6) is 1.80. The second kappa shape index (κ2) is 3.61. The topological polar surface area (TPSA) is 26.0 Å². The van der Waals surface area contributed by atoms with Crippen molar-refractivity contribution in [1.29, 1.82) is 0 Å². The van der Waals surface area contributed by atoms with Crippen LogP contribution in [-0.2, 0) is 0 Å². The molecular formula is C12H23N. The van der Waals surface area contributed by atoms with Crippen LogP contribution < -0.4 is 5.73 Å². The number of rotatable bonds is 3. The molecule has 1 atom stereocenters. The maximum absolute atomic E-state index is 6.43. The van der Waals surface area contributed by atoms with Gasteiger partial charge < -0.3 is 5.73 Å². The van der Waals surface area contributed by atoms with Crippen molar-refractivity contribution in [3.63, 3.8) is 0 Å². The van der Waals surface area contributed by atoms with Crippen molar-refractivity contribution in [2.45, 2.75) is 63.8 Å². The molecule has 0 aromatic carbocycles. The minimum Gasteiger partial charge on any atom is -0.325 e. The minimum atomic E-state index is 0.154. The van der Waals surface area contributed by atoms with Crippen molar-refractivity contribution in [3.05, 3.63) is 0 Å². The Labute approximate surface area is 82.1 Å². The zero-order chi connectivity index (χ0) is 9.31. The summed E-state index contributed by atoms with van der Waals surface area (Å²) in [6.07, 6.45) is 11.2. The highest BCUT2D eigenvalue weighted by molar-refractivity contribution is 4.92. The molecule has 0 heterocycles. The highest BCUT2D eigenvalue weighted by Crippen LogP contribution is 2.40. The Morgan fingerprint density at radius 3 is 2.15 bits per heavy atom. The Hall–Kier alpha value is -0.0400. The van der Waals surface area contributed by atoms with Crippen LogP contribution in [0.2, 0.25) is 0 Å². The predicted octanol–water partition coefficient (Wildman–Crippen LogP) is 3.08. The van der Waals surface area contributed by atoms with Crippen molar-refractivity contribution < 1.29 is 0 Å². The molecule has 0 aromatic heterocycles. The van der Waals surface area contributed by atoms with Gasteiger partial charge in [-0.05, 0) is 38.0 Å². The van der Waals surface area contributed by atoms with Crippen LogP contribution in [-0.4, -0.2) is 5.54 Å². The van der Waals surface area contributed by atoms with Crippen molar-refractivity contribution in [2.24, 2.45) is 17.6 Å². The van der Waals surface area contributed by atoms with E-state index in [0.29, 0.717) is 0 Å². The molecule has 0 spiro atoms. The summed E-state index contributed by atoms with van der Waals surface area (Å²) in [5.41, 5.74) is 6.59. The minimum absolute atomic E-state index is 0.154. The third kappa shape index (κ3) is 2.07. The van der Waals surface area contributed by atoms with Gasteiger partial charge in [0.2, 0.25) is 0 Å². The summed E-state index contributed by atoms with van der Waals surface area (Å²) in [7, 11) is 0. The summed E-state index contributed by atoms with van der Waals surface area (Å²) >= 11 is 0. The second-order valence-electron chi connectivity index (χ2n) is 5.49. The maximum Gasteiger partial charge on any atom is 0.0156 e. The number of nitrogens with two attached hydrogens (primary N) is 1. The third-order valence-electron chi connectivity index (χ3n) is 4.24. The van der Waals surface area contributed by atoms with E-state index < -0.39 is 0 Å². The van der Waals surface area contributed by atoms with E-state index >= 15 is 0 Å². The van der Waals surface area contributed by atoms with Crippen LogP contribution in [0.1, 0.15) is 58.3 Å². The molecule has 0 saturated heterocycles. The molecule has 13 heavy (non-hydrogen) atoms. The van der Waals surface area contributed by atoms with Crippen LogP contribution in [0.4, 0.5) is 0 Å². The number of hydrogen-bond acceptors (Lipinski definition) is 1. The van der Waals surface area contributed by atoms with Crippen LogP contribution in [0.5, 0.6) is 0 Å². The van der Waals surface area contributed by atoms with Crippen molar-refractivity contribution >= 4 is 0 Å². The highest BCUT2D eigenvalue weighted by Gasteiger charge is 2.35. The van der Waals surface area contributed by atoms with Gasteiger partial charge >= 0.3 is 0 Å². The van der Waals surface area contributed by atoms with E-state index in [1.165, 1.54) is 51.4 Å². The summed E-state index contributed by atoms with van der Waals surface area (Å²) in [4.78, 5) is 0. The van der Waals surface area contributed by atoms with Crippen molar-refractivity contribution in [2.75, 3.05) is 0 Å². The Balaban J connectivity index is 1.85. The average Bonchev–Trinajstić information content (AvgIpc) is 2.49. The monoisotopic (exact) mass is 181 g/mol. The highest BCUT2D eigenvalue weighted by atomic mass is 14.8.